The molecule has 0 bridgehead atoms. The van der Waals surface area contributed by atoms with E-state index in [1.165, 1.54) is 0 Å². The number of aliphatic imine (C=N–C) groups is 1. The lowest BCUT2D eigenvalue weighted by atomic mass is 10.1. The molecule has 2 aromatic rings. The van der Waals surface area contributed by atoms with Crippen LogP contribution in [0.25, 0.3) is 5.65 Å². The maximum absolute atomic E-state index is 12.5. The number of fused-ring (bicyclic) bond motifs is 1. The molecule has 0 radical (unpaired) electrons. The van der Waals surface area contributed by atoms with Gasteiger partial charge in [-0.2, -0.15) is 0 Å². The standard InChI is InChI=1S/C19H28F2N6.HI/c1-14-4-3-9-27-12-16(24-18(14)27)5-8-23-19(22-2)25-15-6-10-26(11-7-15)13-17(20)21;/h3-4,9,12,15,17H,5-8,10-11,13H2,1-2H3,(H2,22,23,25);1H. The molecule has 1 aliphatic rings. The number of hydrogen-bond donors (Lipinski definition) is 2. The number of halogens is 3. The van der Waals surface area contributed by atoms with Crippen molar-refractivity contribution < 1.29 is 8.78 Å². The fraction of sp³-hybridized carbons (Fsp3) is 0.579. The van der Waals surface area contributed by atoms with Crippen LogP contribution in [0.1, 0.15) is 24.1 Å². The molecule has 0 amide bonds. The number of guanidine groups is 1. The molecule has 2 N–H and O–H groups in total. The molecule has 2 aromatic heterocycles. The topological polar surface area (TPSA) is 57.0 Å². The summed E-state index contributed by atoms with van der Waals surface area (Å²) in [6.07, 6.45) is 4.30. The van der Waals surface area contributed by atoms with Crippen molar-refractivity contribution in [1.82, 2.24) is 24.9 Å². The smallest absolute Gasteiger partial charge is 0.251 e. The summed E-state index contributed by atoms with van der Waals surface area (Å²) < 4.78 is 27.0. The molecule has 0 saturated carbocycles. The molecule has 1 saturated heterocycles. The first kappa shape index (κ1) is 22.8. The second-order valence-corrected chi connectivity index (χ2v) is 7.01. The maximum Gasteiger partial charge on any atom is 0.251 e. The number of hydrogen-bond acceptors (Lipinski definition) is 3. The third-order valence-electron chi connectivity index (χ3n) is 4.95. The largest absolute Gasteiger partial charge is 0.356 e. The van der Waals surface area contributed by atoms with Crippen molar-refractivity contribution in [1.29, 1.82) is 0 Å². The SMILES string of the molecule is CN=C(NCCc1cn2cccc(C)c2n1)NC1CCN(CC(F)F)CC1.I. The Morgan fingerprint density at radius 2 is 2.11 bits per heavy atom. The van der Waals surface area contributed by atoms with E-state index in [-0.39, 0.29) is 36.6 Å². The Labute approximate surface area is 181 Å². The highest BCUT2D eigenvalue weighted by Gasteiger charge is 2.21. The lowest BCUT2D eigenvalue weighted by molar-refractivity contribution is 0.0744. The lowest BCUT2D eigenvalue weighted by Crippen LogP contribution is -2.49. The fourth-order valence-corrected chi connectivity index (χ4v) is 3.48. The average Bonchev–Trinajstić information content (AvgIpc) is 3.06. The van der Waals surface area contributed by atoms with E-state index < -0.39 is 6.43 Å². The van der Waals surface area contributed by atoms with Gasteiger partial charge in [-0.05, 0) is 31.4 Å². The quantitative estimate of drug-likeness (QED) is 0.360. The summed E-state index contributed by atoms with van der Waals surface area (Å²) >= 11 is 0. The number of nitrogens with one attached hydrogen (secondary N) is 2. The first-order chi connectivity index (χ1) is 13.0. The molecule has 1 fully saturated rings. The van der Waals surface area contributed by atoms with Gasteiger partial charge in [-0.1, -0.05) is 6.07 Å². The maximum atomic E-state index is 12.5. The van der Waals surface area contributed by atoms with E-state index in [1.807, 2.05) is 21.6 Å². The van der Waals surface area contributed by atoms with Gasteiger partial charge in [0.1, 0.15) is 5.65 Å². The van der Waals surface area contributed by atoms with E-state index in [4.69, 9.17) is 0 Å². The van der Waals surface area contributed by atoms with Gasteiger partial charge in [0, 0.05) is 51.5 Å². The number of imidazole rings is 1. The first-order valence-corrected chi connectivity index (χ1v) is 9.46. The molecule has 3 rings (SSSR count). The second kappa shape index (κ2) is 10.9. The predicted octanol–water partition coefficient (Wildman–Crippen LogP) is 2.70. The molecule has 1 aliphatic heterocycles. The molecule has 6 nitrogen and oxygen atoms in total. The Balaban J connectivity index is 0.00000280. The summed E-state index contributed by atoms with van der Waals surface area (Å²) in [6.45, 7) is 4.05. The molecule has 0 spiro atoms. The molecule has 0 atom stereocenters. The number of aryl methyl sites for hydroxylation is 1. The van der Waals surface area contributed by atoms with E-state index in [0.29, 0.717) is 13.1 Å². The normalized spacial score (nSPS) is 16.4. The van der Waals surface area contributed by atoms with Gasteiger partial charge in [-0.15, -0.1) is 24.0 Å². The van der Waals surface area contributed by atoms with Crippen LogP contribution < -0.4 is 10.6 Å². The molecular formula is C19H29F2IN6. The number of nitrogens with zero attached hydrogens (tertiary/aromatic N) is 4. The van der Waals surface area contributed by atoms with Crippen molar-refractivity contribution in [3.05, 3.63) is 35.8 Å². The zero-order valence-corrected chi connectivity index (χ0v) is 18.7. The number of likely N-dealkylation sites (tertiary alicyclic amines) is 1. The van der Waals surface area contributed by atoms with Gasteiger partial charge < -0.3 is 15.0 Å². The van der Waals surface area contributed by atoms with Gasteiger partial charge in [-0.25, -0.2) is 13.8 Å². The first-order valence-electron chi connectivity index (χ1n) is 9.46. The number of alkyl halides is 2. The van der Waals surface area contributed by atoms with Gasteiger partial charge in [-0.3, -0.25) is 9.89 Å². The van der Waals surface area contributed by atoms with Crippen LogP contribution in [0.2, 0.25) is 0 Å². The molecular weight excluding hydrogens is 477 g/mol. The summed E-state index contributed by atoms with van der Waals surface area (Å²) in [5, 5.41) is 6.72. The van der Waals surface area contributed by atoms with Crippen LogP contribution in [-0.4, -0.2) is 65.9 Å². The zero-order chi connectivity index (χ0) is 19.2. The van der Waals surface area contributed by atoms with Crippen molar-refractivity contribution >= 4 is 35.6 Å². The summed E-state index contributed by atoms with van der Waals surface area (Å²) in [7, 11) is 1.75. The van der Waals surface area contributed by atoms with Crippen LogP contribution in [0.5, 0.6) is 0 Å². The molecule has 9 heteroatoms. The summed E-state index contributed by atoms with van der Waals surface area (Å²) in [4.78, 5) is 10.8. The molecule has 0 aromatic carbocycles. The summed E-state index contributed by atoms with van der Waals surface area (Å²) in [5.74, 6) is 0.752. The number of piperidine rings is 1. The zero-order valence-electron chi connectivity index (χ0n) is 16.4. The van der Waals surface area contributed by atoms with Gasteiger partial charge in [0.05, 0.1) is 12.2 Å². The molecule has 28 heavy (non-hydrogen) atoms. The highest BCUT2D eigenvalue weighted by molar-refractivity contribution is 14.0. The number of rotatable bonds is 6. The van der Waals surface area contributed by atoms with Crippen LogP contribution in [0.3, 0.4) is 0 Å². The Morgan fingerprint density at radius 3 is 2.75 bits per heavy atom. The minimum atomic E-state index is -2.26. The lowest BCUT2D eigenvalue weighted by Gasteiger charge is -2.32. The number of aromatic nitrogens is 2. The predicted molar refractivity (Wildman–Crippen MR) is 119 cm³/mol. The second-order valence-electron chi connectivity index (χ2n) is 7.01. The van der Waals surface area contributed by atoms with Crippen molar-refractivity contribution in [3.63, 3.8) is 0 Å². The van der Waals surface area contributed by atoms with Crippen molar-refractivity contribution in [2.24, 2.45) is 4.99 Å². The molecule has 3 heterocycles. The van der Waals surface area contributed by atoms with Crippen LogP contribution in [0.4, 0.5) is 8.78 Å². The van der Waals surface area contributed by atoms with Crippen LogP contribution in [0, 0.1) is 6.92 Å². The van der Waals surface area contributed by atoms with Crippen LogP contribution in [0.15, 0.2) is 29.5 Å². The highest BCUT2D eigenvalue weighted by Crippen LogP contribution is 2.12. The van der Waals surface area contributed by atoms with Gasteiger partial charge in [0.2, 0.25) is 0 Å². The van der Waals surface area contributed by atoms with Gasteiger partial charge in [0.15, 0.2) is 5.96 Å². The Hall–Kier alpha value is -1.49. The summed E-state index contributed by atoms with van der Waals surface area (Å²) in [6, 6.07) is 4.34. The molecule has 0 aliphatic carbocycles. The third kappa shape index (κ3) is 6.26. The minimum Gasteiger partial charge on any atom is -0.356 e. The van der Waals surface area contributed by atoms with E-state index in [0.717, 1.165) is 48.7 Å². The van der Waals surface area contributed by atoms with E-state index in [1.54, 1.807) is 7.05 Å². The van der Waals surface area contributed by atoms with Crippen molar-refractivity contribution in [2.45, 2.75) is 38.7 Å². The van der Waals surface area contributed by atoms with E-state index >= 15 is 0 Å². The summed E-state index contributed by atoms with van der Waals surface area (Å²) in [5.41, 5.74) is 3.19. The van der Waals surface area contributed by atoms with Gasteiger partial charge >= 0.3 is 0 Å². The Morgan fingerprint density at radius 1 is 1.36 bits per heavy atom. The number of pyridine rings is 1. The van der Waals surface area contributed by atoms with Crippen LogP contribution >= 0.6 is 24.0 Å². The molecule has 156 valence electrons. The monoisotopic (exact) mass is 506 g/mol. The fourth-order valence-electron chi connectivity index (χ4n) is 3.48. The minimum absolute atomic E-state index is 0. The van der Waals surface area contributed by atoms with Crippen molar-refractivity contribution in [2.75, 3.05) is 33.2 Å². The Kier molecular flexibility index (Phi) is 8.87. The average molecular weight is 506 g/mol. The van der Waals surface area contributed by atoms with Crippen molar-refractivity contribution in [3.8, 4) is 0 Å². The molecule has 0 unspecified atom stereocenters. The third-order valence-corrected chi connectivity index (χ3v) is 4.95. The highest BCUT2D eigenvalue weighted by atomic mass is 127. The Bertz CT molecular complexity index is 771. The van der Waals surface area contributed by atoms with E-state index in [9.17, 15) is 8.78 Å². The van der Waals surface area contributed by atoms with Crippen LogP contribution in [-0.2, 0) is 6.42 Å². The van der Waals surface area contributed by atoms with Gasteiger partial charge in [0.25, 0.3) is 6.43 Å². The van der Waals surface area contributed by atoms with E-state index in [2.05, 4.69) is 39.8 Å².